The van der Waals surface area contributed by atoms with Gasteiger partial charge >= 0.3 is 5.97 Å². The smallest absolute Gasteiger partial charge is 0.343 e. The van der Waals surface area contributed by atoms with Crippen molar-refractivity contribution in [2.24, 2.45) is 0 Å². The molecule has 2 aromatic carbocycles. The second-order valence-corrected chi connectivity index (χ2v) is 9.22. The van der Waals surface area contributed by atoms with Crippen LogP contribution in [0.15, 0.2) is 54.9 Å². The minimum atomic E-state index is -0.528. The third-order valence-corrected chi connectivity index (χ3v) is 6.19. The number of nitriles is 1. The summed E-state index contributed by atoms with van der Waals surface area (Å²) >= 11 is 0. The SMILES string of the molecule is CCCCCCCCOc1ccc(C(=O)Oc2ccc(-c3ncc(CCCCC)cn3)cc2)cc1C#N. The third-order valence-electron chi connectivity index (χ3n) is 6.19. The van der Waals surface area contributed by atoms with Crippen LogP contribution in [0.2, 0.25) is 0 Å². The minimum Gasteiger partial charge on any atom is -0.492 e. The zero-order valence-corrected chi connectivity index (χ0v) is 22.0. The van der Waals surface area contributed by atoms with E-state index < -0.39 is 5.97 Å². The van der Waals surface area contributed by atoms with Gasteiger partial charge in [-0.3, -0.25) is 0 Å². The number of carbonyl (C=O) groups excluding carboxylic acids is 1. The van der Waals surface area contributed by atoms with E-state index in [0.29, 0.717) is 35.1 Å². The van der Waals surface area contributed by atoms with Gasteiger partial charge in [0, 0.05) is 18.0 Å². The highest BCUT2D eigenvalue weighted by Crippen LogP contribution is 2.23. The summed E-state index contributed by atoms with van der Waals surface area (Å²) in [5, 5.41) is 9.53. The first-order chi connectivity index (χ1) is 18.1. The van der Waals surface area contributed by atoms with Crippen molar-refractivity contribution in [3.8, 4) is 29.0 Å². The molecule has 0 bridgehead atoms. The second-order valence-electron chi connectivity index (χ2n) is 9.22. The van der Waals surface area contributed by atoms with E-state index >= 15 is 0 Å². The Morgan fingerprint density at radius 1 is 0.865 bits per heavy atom. The molecule has 37 heavy (non-hydrogen) atoms. The average Bonchev–Trinajstić information content (AvgIpc) is 2.93. The van der Waals surface area contributed by atoms with E-state index in [1.807, 2.05) is 24.5 Å². The number of rotatable bonds is 15. The molecule has 0 saturated carbocycles. The van der Waals surface area contributed by atoms with Crippen LogP contribution in [0.25, 0.3) is 11.4 Å². The Bertz CT molecular complexity index is 1150. The maximum absolute atomic E-state index is 12.7. The molecule has 0 saturated heterocycles. The van der Waals surface area contributed by atoms with Gasteiger partial charge < -0.3 is 9.47 Å². The fourth-order valence-corrected chi connectivity index (χ4v) is 3.98. The van der Waals surface area contributed by atoms with E-state index in [2.05, 4.69) is 29.9 Å². The Hall–Kier alpha value is -3.72. The first-order valence-electron chi connectivity index (χ1n) is 13.4. The molecule has 0 aliphatic heterocycles. The van der Waals surface area contributed by atoms with Gasteiger partial charge in [0.15, 0.2) is 5.82 Å². The summed E-state index contributed by atoms with van der Waals surface area (Å²) in [7, 11) is 0. The lowest BCUT2D eigenvalue weighted by molar-refractivity contribution is 0.0734. The van der Waals surface area contributed by atoms with Gasteiger partial charge in [0.1, 0.15) is 17.6 Å². The molecular weight excluding hydrogens is 462 g/mol. The van der Waals surface area contributed by atoms with Crippen LogP contribution in [0.3, 0.4) is 0 Å². The standard InChI is InChI=1S/C31H37N3O3/c1-3-5-7-8-9-11-19-36-29-18-15-26(20-27(29)21-32)31(35)37-28-16-13-25(14-17-28)30-33-22-24(23-34-30)12-10-6-4-2/h13-18,20,22-23H,3-12,19H2,1-2H3. The van der Waals surface area contributed by atoms with Gasteiger partial charge in [-0.05, 0) is 67.3 Å². The van der Waals surface area contributed by atoms with Crippen molar-refractivity contribution < 1.29 is 14.3 Å². The van der Waals surface area contributed by atoms with E-state index in [1.165, 1.54) is 44.6 Å². The molecule has 3 rings (SSSR count). The van der Waals surface area contributed by atoms with Crippen LogP contribution >= 0.6 is 0 Å². The highest BCUT2D eigenvalue weighted by molar-refractivity contribution is 5.91. The number of esters is 1. The molecule has 3 aromatic rings. The Labute approximate surface area is 220 Å². The summed E-state index contributed by atoms with van der Waals surface area (Å²) < 4.78 is 11.3. The van der Waals surface area contributed by atoms with E-state index in [0.717, 1.165) is 36.8 Å². The molecule has 1 aromatic heterocycles. The van der Waals surface area contributed by atoms with Crippen molar-refractivity contribution in [3.63, 3.8) is 0 Å². The van der Waals surface area contributed by atoms with Crippen LogP contribution in [-0.2, 0) is 6.42 Å². The lowest BCUT2D eigenvalue weighted by Crippen LogP contribution is -2.09. The second kappa shape index (κ2) is 15.4. The lowest BCUT2D eigenvalue weighted by Gasteiger charge is -2.10. The Balaban J connectivity index is 1.53. The van der Waals surface area contributed by atoms with E-state index in [4.69, 9.17) is 9.47 Å². The highest BCUT2D eigenvalue weighted by atomic mass is 16.5. The van der Waals surface area contributed by atoms with E-state index in [-0.39, 0.29) is 0 Å². The molecule has 194 valence electrons. The number of carbonyl (C=O) groups is 1. The molecule has 0 atom stereocenters. The zero-order valence-electron chi connectivity index (χ0n) is 22.0. The monoisotopic (exact) mass is 499 g/mol. The summed E-state index contributed by atoms with van der Waals surface area (Å²) in [4.78, 5) is 21.6. The quantitative estimate of drug-likeness (QED) is 0.121. The largest absolute Gasteiger partial charge is 0.492 e. The molecule has 0 N–H and O–H groups in total. The predicted molar refractivity (Wildman–Crippen MR) is 146 cm³/mol. The molecule has 0 radical (unpaired) electrons. The summed E-state index contributed by atoms with van der Waals surface area (Å²) in [5.41, 5.74) is 2.61. The fourth-order valence-electron chi connectivity index (χ4n) is 3.98. The molecule has 0 aliphatic carbocycles. The molecule has 0 fully saturated rings. The number of aromatic nitrogens is 2. The van der Waals surface area contributed by atoms with Crippen LogP contribution in [0.4, 0.5) is 0 Å². The van der Waals surface area contributed by atoms with Crippen LogP contribution in [0, 0.1) is 11.3 Å². The van der Waals surface area contributed by atoms with Crippen molar-refractivity contribution in [1.82, 2.24) is 9.97 Å². The summed E-state index contributed by atoms with van der Waals surface area (Å²) in [5.74, 6) is 1.01. The van der Waals surface area contributed by atoms with Crippen molar-refractivity contribution in [3.05, 3.63) is 71.5 Å². The maximum Gasteiger partial charge on any atom is 0.343 e. The van der Waals surface area contributed by atoms with Gasteiger partial charge in [-0.1, -0.05) is 58.8 Å². The normalized spacial score (nSPS) is 10.6. The summed E-state index contributed by atoms with van der Waals surface area (Å²) in [6, 6.07) is 14.0. The van der Waals surface area contributed by atoms with Crippen molar-refractivity contribution in [2.45, 2.75) is 78.1 Å². The topological polar surface area (TPSA) is 85.1 Å². The maximum atomic E-state index is 12.7. The number of hydrogen-bond donors (Lipinski definition) is 0. The van der Waals surface area contributed by atoms with Gasteiger partial charge in [0.05, 0.1) is 17.7 Å². The van der Waals surface area contributed by atoms with Crippen LogP contribution in [-0.4, -0.2) is 22.5 Å². The van der Waals surface area contributed by atoms with Gasteiger partial charge in [-0.25, -0.2) is 14.8 Å². The highest BCUT2D eigenvalue weighted by Gasteiger charge is 2.13. The number of aryl methyl sites for hydroxylation is 1. The summed E-state index contributed by atoms with van der Waals surface area (Å²) in [6.45, 7) is 4.95. The van der Waals surface area contributed by atoms with Crippen LogP contribution in [0.1, 0.15) is 93.1 Å². The van der Waals surface area contributed by atoms with Crippen molar-refractivity contribution in [1.29, 1.82) is 5.26 Å². The van der Waals surface area contributed by atoms with Gasteiger partial charge in [-0.2, -0.15) is 5.26 Å². The lowest BCUT2D eigenvalue weighted by atomic mass is 10.1. The molecule has 1 heterocycles. The minimum absolute atomic E-state index is 0.300. The first-order valence-corrected chi connectivity index (χ1v) is 13.4. The van der Waals surface area contributed by atoms with E-state index in [9.17, 15) is 10.1 Å². The molecule has 6 heteroatoms. The Morgan fingerprint density at radius 2 is 1.54 bits per heavy atom. The summed E-state index contributed by atoms with van der Waals surface area (Å²) in [6.07, 6.45) is 15.3. The van der Waals surface area contributed by atoms with E-state index in [1.54, 1.807) is 24.3 Å². The average molecular weight is 500 g/mol. The Morgan fingerprint density at radius 3 is 2.24 bits per heavy atom. The number of benzene rings is 2. The van der Waals surface area contributed by atoms with Crippen LogP contribution < -0.4 is 9.47 Å². The van der Waals surface area contributed by atoms with Gasteiger partial charge in [-0.15, -0.1) is 0 Å². The van der Waals surface area contributed by atoms with Gasteiger partial charge in [0.2, 0.25) is 0 Å². The number of unbranched alkanes of at least 4 members (excludes halogenated alkanes) is 7. The molecule has 0 spiro atoms. The number of ether oxygens (including phenoxy) is 2. The molecule has 0 amide bonds. The van der Waals surface area contributed by atoms with Gasteiger partial charge in [0.25, 0.3) is 0 Å². The first kappa shape index (κ1) is 27.9. The van der Waals surface area contributed by atoms with Crippen molar-refractivity contribution >= 4 is 5.97 Å². The zero-order chi connectivity index (χ0) is 26.3. The molecular formula is C31H37N3O3. The predicted octanol–water partition coefficient (Wildman–Crippen LogP) is 7.71. The number of nitrogens with zero attached hydrogens (tertiary/aromatic N) is 3. The molecule has 6 nitrogen and oxygen atoms in total. The number of hydrogen-bond acceptors (Lipinski definition) is 6. The third kappa shape index (κ3) is 9.02. The fraction of sp³-hybridized carbons (Fsp3) is 0.419. The molecule has 0 aliphatic rings. The van der Waals surface area contributed by atoms with Crippen LogP contribution in [0.5, 0.6) is 11.5 Å². The molecule has 0 unspecified atom stereocenters. The van der Waals surface area contributed by atoms with Crippen molar-refractivity contribution in [2.75, 3.05) is 6.61 Å². The Kier molecular flexibility index (Phi) is 11.6.